The van der Waals surface area contributed by atoms with E-state index in [0.717, 1.165) is 49.4 Å². The molecule has 2 heterocycles. The average molecular weight is 513 g/mol. The van der Waals surface area contributed by atoms with E-state index in [-0.39, 0.29) is 12.1 Å². The number of amides is 2. The Morgan fingerprint density at radius 1 is 1.03 bits per heavy atom. The molecule has 8 nitrogen and oxygen atoms in total. The largest absolute Gasteiger partial charge is 0.474 e. The van der Waals surface area contributed by atoms with Crippen LogP contribution in [0, 0.1) is 0 Å². The molecule has 0 bridgehead atoms. The van der Waals surface area contributed by atoms with Crippen LogP contribution in [-0.4, -0.2) is 42.7 Å². The molecule has 198 valence electrons. The van der Waals surface area contributed by atoms with Gasteiger partial charge in [0.15, 0.2) is 0 Å². The maximum Gasteiger partial charge on any atom is 0.323 e. The SMILES string of the molecule is CNc1ccccc1CN(C)C1=CN(c2ccc(NC(=O)Nc3ccc(OC4CCCC4)nc3)cc2)CC1. The molecule has 2 aliphatic rings. The molecule has 5 rings (SSSR count). The summed E-state index contributed by atoms with van der Waals surface area (Å²) in [6.07, 6.45) is 9.68. The number of aromatic nitrogens is 1. The number of para-hydroxylation sites is 1. The number of pyridine rings is 1. The number of anilines is 4. The van der Waals surface area contributed by atoms with Gasteiger partial charge >= 0.3 is 6.03 Å². The second-order valence-electron chi connectivity index (χ2n) is 9.86. The molecule has 0 atom stereocenters. The fourth-order valence-corrected chi connectivity index (χ4v) is 5.03. The number of carbonyl (C=O) groups is 1. The highest BCUT2D eigenvalue weighted by Crippen LogP contribution is 2.28. The van der Waals surface area contributed by atoms with Crippen LogP contribution in [0.25, 0.3) is 0 Å². The van der Waals surface area contributed by atoms with E-state index >= 15 is 0 Å². The lowest BCUT2D eigenvalue weighted by molar-refractivity contribution is 0.201. The summed E-state index contributed by atoms with van der Waals surface area (Å²) in [6, 6.07) is 19.6. The Kier molecular flexibility index (Phi) is 7.97. The molecule has 1 fully saturated rings. The molecule has 3 aromatic rings. The van der Waals surface area contributed by atoms with Crippen molar-refractivity contribution in [3.05, 3.63) is 84.3 Å². The highest BCUT2D eigenvalue weighted by molar-refractivity contribution is 5.99. The van der Waals surface area contributed by atoms with Gasteiger partial charge in [-0.25, -0.2) is 9.78 Å². The Bertz CT molecular complexity index is 1250. The summed E-state index contributed by atoms with van der Waals surface area (Å²) in [5.41, 5.74) is 6.17. The number of carbonyl (C=O) groups excluding carboxylic acids is 1. The van der Waals surface area contributed by atoms with Gasteiger partial charge in [-0.2, -0.15) is 0 Å². The van der Waals surface area contributed by atoms with Gasteiger partial charge in [0, 0.05) is 68.6 Å². The van der Waals surface area contributed by atoms with E-state index in [9.17, 15) is 4.79 Å². The topological polar surface area (TPSA) is 81.8 Å². The predicted molar refractivity (Wildman–Crippen MR) is 154 cm³/mol. The fraction of sp³-hybridized carbons (Fsp3) is 0.333. The van der Waals surface area contributed by atoms with Crippen LogP contribution in [0.3, 0.4) is 0 Å². The summed E-state index contributed by atoms with van der Waals surface area (Å²) in [4.78, 5) is 21.4. The Labute approximate surface area is 224 Å². The van der Waals surface area contributed by atoms with Crippen molar-refractivity contribution in [1.82, 2.24) is 9.88 Å². The number of hydrogen-bond donors (Lipinski definition) is 3. The first-order valence-electron chi connectivity index (χ1n) is 13.3. The molecule has 38 heavy (non-hydrogen) atoms. The molecule has 8 heteroatoms. The van der Waals surface area contributed by atoms with E-state index in [2.05, 4.69) is 68.2 Å². The van der Waals surface area contributed by atoms with Crippen molar-refractivity contribution >= 4 is 28.8 Å². The summed E-state index contributed by atoms with van der Waals surface area (Å²) in [5, 5.41) is 8.99. The molecule has 1 aromatic heterocycles. The standard InChI is InChI=1S/C30H36N6O2/c1-31-28-10-6-3-7-22(28)20-35(2)26-17-18-36(21-26)25-14-11-23(12-15-25)33-30(37)34-24-13-16-29(32-19-24)38-27-8-4-5-9-27/h3,6-7,10-16,19,21,27,31H,4-5,8-9,17-18,20H2,1-2H3,(H2,33,34,37). The number of urea groups is 1. The number of nitrogens with one attached hydrogen (secondary N) is 3. The van der Waals surface area contributed by atoms with Crippen LogP contribution >= 0.6 is 0 Å². The Balaban J connectivity index is 1.12. The zero-order valence-electron chi connectivity index (χ0n) is 22.1. The van der Waals surface area contributed by atoms with Crippen LogP contribution in [0.4, 0.5) is 27.5 Å². The van der Waals surface area contributed by atoms with E-state index in [1.54, 1.807) is 12.3 Å². The summed E-state index contributed by atoms with van der Waals surface area (Å²) in [6.45, 7) is 1.77. The molecule has 0 unspecified atom stereocenters. The zero-order valence-corrected chi connectivity index (χ0v) is 22.1. The molecule has 1 saturated carbocycles. The van der Waals surface area contributed by atoms with E-state index < -0.39 is 0 Å². The van der Waals surface area contributed by atoms with Crippen molar-refractivity contribution in [2.45, 2.75) is 44.8 Å². The molecule has 2 amide bonds. The number of hydrogen-bond acceptors (Lipinski definition) is 6. The monoisotopic (exact) mass is 512 g/mol. The molecule has 2 aromatic carbocycles. The van der Waals surface area contributed by atoms with E-state index in [1.165, 1.54) is 24.1 Å². The van der Waals surface area contributed by atoms with Gasteiger partial charge in [-0.1, -0.05) is 18.2 Å². The maximum atomic E-state index is 12.5. The van der Waals surface area contributed by atoms with Gasteiger partial charge in [0.05, 0.1) is 11.9 Å². The van der Waals surface area contributed by atoms with E-state index in [0.29, 0.717) is 11.6 Å². The van der Waals surface area contributed by atoms with Crippen molar-refractivity contribution < 1.29 is 9.53 Å². The smallest absolute Gasteiger partial charge is 0.323 e. The zero-order chi connectivity index (χ0) is 26.3. The number of benzene rings is 2. The van der Waals surface area contributed by atoms with Gasteiger partial charge in [0.2, 0.25) is 5.88 Å². The van der Waals surface area contributed by atoms with Crippen molar-refractivity contribution in [3.8, 4) is 5.88 Å². The average Bonchev–Trinajstić information content (AvgIpc) is 3.63. The number of rotatable bonds is 9. The lowest BCUT2D eigenvalue weighted by atomic mass is 10.1. The Morgan fingerprint density at radius 2 is 1.76 bits per heavy atom. The highest BCUT2D eigenvalue weighted by atomic mass is 16.5. The van der Waals surface area contributed by atoms with Gasteiger partial charge in [-0.05, 0) is 67.6 Å². The lowest BCUT2D eigenvalue weighted by Crippen LogP contribution is -2.19. The minimum atomic E-state index is -0.309. The first-order valence-corrected chi connectivity index (χ1v) is 13.3. The molecule has 1 aliphatic carbocycles. The molecular weight excluding hydrogens is 476 g/mol. The highest BCUT2D eigenvalue weighted by Gasteiger charge is 2.19. The number of ether oxygens (including phenoxy) is 1. The van der Waals surface area contributed by atoms with Crippen LogP contribution in [0.15, 0.2) is 78.8 Å². The van der Waals surface area contributed by atoms with Crippen LogP contribution in [0.5, 0.6) is 5.88 Å². The van der Waals surface area contributed by atoms with Crippen LogP contribution < -0.4 is 25.6 Å². The van der Waals surface area contributed by atoms with Crippen LogP contribution in [-0.2, 0) is 6.54 Å². The van der Waals surface area contributed by atoms with Crippen LogP contribution in [0.2, 0.25) is 0 Å². The minimum absolute atomic E-state index is 0.261. The Morgan fingerprint density at radius 3 is 2.50 bits per heavy atom. The lowest BCUT2D eigenvalue weighted by Gasteiger charge is -2.21. The van der Waals surface area contributed by atoms with Crippen molar-refractivity contribution in [3.63, 3.8) is 0 Å². The summed E-state index contributed by atoms with van der Waals surface area (Å²) in [5.74, 6) is 0.603. The third-order valence-electron chi connectivity index (χ3n) is 7.14. The van der Waals surface area contributed by atoms with E-state index in [1.807, 2.05) is 37.4 Å². The molecular formula is C30H36N6O2. The van der Waals surface area contributed by atoms with E-state index in [4.69, 9.17) is 4.74 Å². The number of nitrogens with zero attached hydrogens (tertiary/aromatic N) is 3. The van der Waals surface area contributed by atoms with Gasteiger partial charge in [0.1, 0.15) is 6.10 Å². The fourth-order valence-electron chi connectivity index (χ4n) is 5.03. The van der Waals surface area contributed by atoms with Gasteiger partial charge in [-0.15, -0.1) is 0 Å². The second kappa shape index (κ2) is 11.9. The van der Waals surface area contributed by atoms with Crippen molar-refractivity contribution in [1.29, 1.82) is 0 Å². The second-order valence-corrected chi connectivity index (χ2v) is 9.86. The summed E-state index contributed by atoms with van der Waals surface area (Å²) >= 11 is 0. The molecule has 0 radical (unpaired) electrons. The third-order valence-corrected chi connectivity index (χ3v) is 7.14. The van der Waals surface area contributed by atoms with Crippen molar-refractivity contribution in [2.75, 3.05) is 41.5 Å². The first kappa shape index (κ1) is 25.4. The summed E-state index contributed by atoms with van der Waals surface area (Å²) < 4.78 is 5.89. The first-order chi connectivity index (χ1) is 18.6. The predicted octanol–water partition coefficient (Wildman–Crippen LogP) is 6.27. The maximum absolute atomic E-state index is 12.5. The van der Waals surface area contributed by atoms with Gasteiger partial charge < -0.3 is 30.5 Å². The molecule has 1 aliphatic heterocycles. The van der Waals surface area contributed by atoms with Gasteiger partial charge in [0.25, 0.3) is 0 Å². The Hall–Kier alpha value is -4.20. The normalized spacial score (nSPS) is 15.2. The minimum Gasteiger partial charge on any atom is -0.474 e. The molecule has 0 saturated heterocycles. The molecule has 0 spiro atoms. The quantitative estimate of drug-likeness (QED) is 0.313. The van der Waals surface area contributed by atoms with Gasteiger partial charge in [-0.3, -0.25) is 0 Å². The third kappa shape index (κ3) is 6.37. The summed E-state index contributed by atoms with van der Waals surface area (Å²) in [7, 11) is 4.10. The van der Waals surface area contributed by atoms with Crippen molar-refractivity contribution in [2.24, 2.45) is 0 Å². The van der Waals surface area contributed by atoms with Crippen LogP contribution in [0.1, 0.15) is 37.7 Å². The molecule has 3 N–H and O–H groups in total.